The molecule has 9 rings (SSSR count). The average molecular weight is 792 g/mol. The molecule has 1 atom stereocenters. The largest absolute Gasteiger partial charge is 0.508 e. The Morgan fingerprint density at radius 2 is 1.66 bits per heavy atom. The van der Waals surface area contributed by atoms with Crippen LogP contribution in [0.4, 0.5) is 11.4 Å². The number of carbonyl (C=O) groups is 2. The number of ether oxygens (including phenoxy) is 1. The molecular formula is C44H44Cl2N6O4. The van der Waals surface area contributed by atoms with E-state index in [4.69, 9.17) is 16.3 Å². The van der Waals surface area contributed by atoms with Crippen molar-refractivity contribution in [3.63, 3.8) is 0 Å². The third kappa shape index (κ3) is 7.07. The summed E-state index contributed by atoms with van der Waals surface area (Å²) in [4.78, 5) is 36.2. The van der Waals surface area contributed by atoms with Gasteiger partial charge in [-0.1, -0.05) is 35.9 Å². The number of amides is 2. The summed E-state index contributed by atoms with van der Waals surface area (Å²) in [7, 11) is 1.89. The molecule has 0 unspecified atom stereocenters. The van der Waals surface area contributed by atoms with E-state index in [1.54, 1.807) is 46.1 Å². The Balaban J connectivity index is 0.00000441. The van der Waals surface area contributed by atoms with E-state index in [0.29, 0.717) is 47.3 Å². The second kappa shape index (κ2) is 15.8. The second-order valence-corrected chi connectivity index (χ2v) is 15.3. The van der Waals surface area contributed by atoms with Crippen LogP contribution >= 0.6 is 24.0 Å². The lowest BCUT2D eigenvalue weighted by Gasteiger charge is -2.40. The van der Waals surface area contributed by atoms with Crippen LogP contribution in [-0.2, 0) is 37.7 Å². The van der Waals surface area contributed by atoms with E-state index in [-0.39, 0.29) is 36.0 Å². The number of anilines is 2. The summed E-state index contributed by atoms with van der Waals surface area (Å²) in [6.45, 7) is 5.08. The number of hydrogen-bond donors (Lipinski definition) is 1. The zero-order chi connectivity index (χ0) is 37.6. The fourth-order valence-corrected chi connectivity index (χ4v) is 8.79. The lowest BCUT2D eigenvalue weighted by atomic mass is 9.92. The van der Waals surface area contributed by atoms with E-state index >= 15 is 9.59 Å². The van der Waals surface area contributed by atoms with Gasteiger partial charge in [0.15, 0.2) is 0 Å². The van der Waals surface area contributed by atoms with Crippen LogP contribution in [0.3, 0.4) is 0 Å². The molecule has 2 aromatic heterocycles. The van der Waals surface area contributed by atoms with Gasteiger partial charge >= 0.3 is 0 Å². The number of halogens is 2. The fourth-order valence-electron chi connectivity index (χ4n) is 8.62. The van der Waals surface area contributed by atoms with E-state index in [2.05, 4.69) is 32.8 Å². The number of aromatic nitrogens is 3. The Morgan fingerprint density at radius 3 is 2.46 bits per heavy atom. The number of carbonyl (C=O) groups excluding carboxylic acids is 2. The minimum atomic E-state index is -0.195. The highest BCUT2D eigenvalue weighted by Crippen LogP contribution is 2.39. The predicted octanol–water partition coefficient (Wildman–Crippen LogP) is 8.04. The number of benzene rings is 4. The monoisotopic (exact) mass is 790 g/mol. The van der Waals surface area contributed by atoms with Crippen LogP contribution in [0.15, 0.2) is 97.2 Å². The van der Waals surface area contributed by atoms with Gasteiger partial charge in [0.2, 0.25) is 0 Å². The summed E-state index contributed by atoms with van der Waals surface area (Å²) in [5, 5.41) is 16.0. The summed E-state index contributed by atoms with van der Waals surface area (Å²) in [6, 6.07) is 28.4. The molecular weight excluding hydrogens is 747 g/mol. The topological polar surface area (TPSA) is 96.1 Å². The lowest BCUT2D eigenvalue weighted by molar-refractivity contribution is 0.0193. The van der Waals surface area contributed by atoms with Crippen LogP contribution in [0.25, 0.3) is 22.2 Å². The summed E-state index contributed by atoms with van der Waals surface area (Å²) in [5.74, 6) is -0.127. The molecule has 0 saturated carbocycles. The Bertz CT molecular complexity index is 2420. The normalized spacial score (nSPS) is 16.9. The van der Waals surface area contributed by atoms with Crippen molar-refractivity contribution in [3.05, 3.63) is 130 Å². The Kier molecular flexibility index (Phi) is 10.6. The van der Waals surface area contributed by atoms with Gasteiger partial charge in [0, 0.05) is 84.4 Å². The van der Waals surface area contributed by atoms with Gasteiger partial charge in [-0.2, -0.15) is 5.10 Å². The van der Waals surface area contributed by atoms with Crippen LogP contribution in [0, 0.1) is 0 Å². The van der Waals surface area contributed by atoms with Crippen molar-refractivity contribution < 1.29 is 19.4 Å². The van der Waals surface area contributed by atoms with Crippen LogP contribution in [-0.4, -0.2) is 80.0 Å². The van der Waals surface area contributed by atoms with Gasteiger partial charge in [-0.15, -0.1) is 12.4 Å². The van der Waals surface area contributed by atoms with E-state index in [1.807, 2.05) is 54.4 Å². The first-order chi connectivity index (χ1) is 26.8. The average Bonchev–Trinajstić information content (AvgIpc) is 3.79. The van der Waals surface area contributed by atoms with Gasteiger partial charge in [0.05, 0.1) is 36.2 Å². The Morgan fingerprint density at radius 1 is 0.893 bits per heavy atom. The van der Waals surface area contributed by atoms with Crippen molar-refractivity contribution in [3.8, 4) is 17.0 Å². The number of aryl methyl sites for hydroxylation is 1. The Labute approximate surface area is 337 Å². The molecule has 10 nitrogen and oxygen atoms in total. The smallest absolute Gasteiger partial charge is 0.264 e. The highest BCUT2D eigenvalue weighted by atomic mass is 35.5. The molecule has 6 aromatic rings. The number of phenols is 1. The van der Waals surface area contributed by atoms with Gasteiger partial charge in [-0.25, -0.2) is 0 Å². The maximum atomic E-state index is 15.1. The maximum absolute atomic E-state index is 15.1. The number of nitrogens with zero attached hydrogens (tertiary/aromatic N) is 6. The van der Waals surface area contributed by atoms with Crippen LogP contribution in [0.2, 0.25) is 5.02 Å². The van der Waals surface area contributed by atoms with Gasteiger partial charge in [-0.3, -0.25) is 24.1 Å². The molecule has 56 heavy (non-hydrogen) atoms. The molecule has 288 valence electrons. The predicted molar refractivity (Wildman–Crippen MR) is 221 cm³/mol. The number of phenolic OH excluding ortho intramolecular Hbond substituents is 1. The zero-order valence-corrected chi connectivity index (χ0v) is 32.8. The number of rotatable bonds is 7. The van der Waals surface area contributed by atoms with Crippen molar-refractivity contribution in [2.24, 2.45) is 7.05 Å². The number of hydrogen-bond acceptors (Lipinski definition) is 6. The number of morpholine rings is 1. The number of fused-ring (bicyclic) bond motifs is 3. The molecule has 0 bridgehead atoms. The minimum Gasteiger partial charge on any atom is -0.508 e. The van der Waals surface area contributed by atoms with E-state index in [1.165, 1.54) is 5.56 Å². The van der Waals surface area contributed by atoms with Crippen molar-refractivity contribution in [2.75, 3.05) is 37.7 Å². The first-order valence-electron chi connectivity index (χ1n) is 19.1. The zero-order valence-electron chi connectivity index (χ0n) is 31.2. The van der Waals surface area contributed by atoms with Crippen molar-refractivity contribution in [1.82, 2.24) is 24.1 Å². The summed E-state index contributed by atoms with van der Waals surface area (Å²) < 4.78 is 9.66. The third-order valence-corrected chi connectivity index (χ3v) is 11.7. The SMILES string of the molecule is Cl.Cn1ncc2cc(N(C(=O)c3cc(-c4cc(Cl)ccc4C(=O)N4Cc5ccccc5C[C@H]4CN4CCOCC4)n4c3CCCC4)c3ccc(O)cc3)ccc21. The van der Waals surface area contributed by atoms with E-state index in [9.17, 15) is 5.11 Å². The molecule has 2 amide bonds. The molecule has 3 aliphatic rings. The van der Waals surface area contributed by atoms with Gasteiger partial charge in [-0.05, 0) is 104 Å². The highest BCUT2D eigenvalue weighted by Gasteiger charge is 2.35. The second-order valence-electron chi connectivity index (χ2n) is 14.8. The minimum absolute atomic E-state index is 0. The standard InChI is InChI=1S/C44H43ClN6O4.ClH/c1-47-40-16-12-34(23-31(40)26-46-47)51(33-10-13-36(52)14-11-33)44(54)39-25-42(49-17-5-4-8-41(39)49)38-24-32(45)9-15-37(38)43(53)50-27-30-7-3-2-6-29(30)22-35(50)28-48-18-20-55-21-19-48;/h2-3,6-7,9-16,23-26,35,52H,4-5,8,17-22,27-28H2,1H3;1H/t35-;/m0./s1. The molecule has 1 fully saturated rings. The molecule has 3 aliphatic heterocycles. The maximum Gasteiger partial charge on any atom is 0.264 e. The third-order valence-electron chi connectivity index (χ3n) is 11.5. The van der Waals surface area contributed by atoms with Crippen LogP contribution in [0.5, 0.6) is 5.75 Å². The molecule has 0 aliphatic carbocycles. The Hall–Kier alpha value is -5.13. The van der Waals surface area contributed by atoms with Gasteiger partial charge in [0.1, 0.15) is 5.75 Å². The van der Waals surface area contributed by atoms with Gasteiger partial charge in [0.25, 0.3) is 11.8 Å². The summed E-state index contributed by atoms with van der Waals surface area (Å²) in [6.07, 6.45) is 5.19. The first kappa shape index (κ1) is 37.8. The molecule has 4 aromatic carbocycles. The molecule has 0 spiro atoms. The van der Waals surface area contributed by atoms with E-state index < -0.39 is 0 Å². The van der Waals surface area contributed by atoms with Crippen molar-refractivity contribution in [2.45, 2.75) is 44.8 Å². The molecule has 0 radical (unpaired) electrons. The molecule has 5 heterocycles. The van der Waals surface area contributed by atoms with Crippen LogP contribution < -0.4 is 4.90 Å². The first-order valence-corrected chi connectivity index (χ1v) is 19.5. The highest BCUT2D eigenvalue weighted by molar-refractivity contribution is 6.31. The van der Waals surface area contributed by atoms with Crippen LogP contribution in [0.1, 0.15) is 50.4 Å². The van der Waals surface area contributed by atoms with Crippen molar-refractivity contribution in [1.29, 1.82) is 0 Å². The van der Waals surface area contributed by atoms with Crippen molar-refractivity contribution >= 4 is 58.1 Å². The molecule has 12 heteroatoms. The van der Waals surface area contributed by atoms with Gasteiger partial charge < -0.3 is 19.3 Å². The number of aromatic hydroxyl groups is 1. The van der Waals surface area contributed by atoms with E-state index in [0.717, 1.165) is 85.3 Å². The summed E-state index contributed by atoms with van der Waals surface area (Å²) in [5.41, 5.74) is 8.31. The fraction of sp³-hybridized carbons (Fsp3) is 0.295. The molecule has 1 saturated heterocycles. The lowest BCUT2D eigenvalue weighted by Crippen LogP contribution is -2.52. The molecule has 1 N–H and O–H groups in total. The quantitative estimate of drug-likeness (QED) is 0.176. The summed E-state index contributed by atoms with van der Waals surface area (Å²) >= 11 is 6.75.